The van der Waals surface area contributed by atoms with Crippen LogP contribution in [0.15, 0.2) is 56.8 Å². The Balaban J connectivity index is 1.78. The van der Waals surface area contributed by atoms with E-state index in [1.807, 2.05) is 24.3 Å². The van der Waals surface area contributed by atoms with E-state index in [9.17, 15) is 9.59 Å². The minimum atomic E-state index is -1.08. The second kappa shape index (κ2) is 8.94. The maximum absolute atomic E-state index is 12.2. The quantitative estimate of drug-likeness (QED) is 0.633. The molecule has 0 bridgehead atoms. The van der Waals surface area contributed by atoms with E-state index in [4.69, 9.17) is 14.6 Å². The van der Waals surface area contributed by atoms with E-state index in [2.05, 4.69) is 26.2 Å². The van der Waals surface area contributed by atoms with E-state index in [0.717, 1.165) is 10.2 Å². The van der Waals surface area contributed by atoms with Crippen LogP contribution in [-0.4, -0.2) is 35.9 Å². The molecule has 28 heavy (non-hydrogen) atoms. The molecule has 0 unspecified atom stereocenters. The summed E-state index contributed by atoms with van der Waals surface area (Å²) >= 11 is 4.60. The first-order chi connectivity index (χ1) is 13.4. The number of hydrogen-bond donors (Lipinski definition) is 2. The van der Waals surface area contributed by atoms with Gasteiger partial charge in [0.1, 0.15) is 0 Å². The highest BCUT2D eigenvalue weighted by molar-refractivity contribution is 9.10. The first-order valence-electron chi connectivity index (χ1n) is 8.02. The number of nitrogens with one attached hydrogen (secondary N) is 1. The van der Waals surface area contributed by atoms with E-state index >= 15 is 0 Å². The number of carboxylic acid groups (broad SMARTS) is 1. The molecular formula is C19H15BrN2O5S. The topological polar surface area (TPSA) is 97.2 Å². The Hall–Kier alpha value is -2.78. The molecule has 0 spiro atoms. The number of rotatable bonds is 6. The highest BCUT2D eigenvalue weighted by Gasteiger charge is 2.24. The summed E-state index contributed by atoms with van der Waals surface area (Å²) in [6.07, 6.45) is 1.70. The Morgan fingerprint density at radius 1 is 1.25 bits per heavy atom. The molecule has 9 heteroatoms. The highest BCUT2D eigenvalue weighted by atomic mass is 79.9. The van der Waals surface area contributed by atoms with Crippen LogP contribution in [0.1, 0.15) is 5.56 Å². The summed E-state index contributed by atoms with van der Waals surface area (Å²) in [5.74, 6) is -0.633. The van der Waals surface area contributed by atoms with Gasteiger partial charge in [0.2, 0.25) is 0 Å². The number of ether oxygens (including phenoxy) is 2. The average Bonchev–Trinajstić information content (AvgIpc) is 3.01. The van der Waals surface area contributed by atoms with Crippen molar-refractivity contribution in [2.24, 2.45) is 4.99 Å². The summed E-state index contributed by atoms with van der Waals surface area (Å²) in [4.78, 5) is 27.8. The van der Waals surface area contributed by atoms with Crippen molar-refractivity contribution in [2.45, 2.75) is 0 Å². The fraction of sp³-hybridized carbons (Fsp3) is 0.105. The summed E-state index contributed by atoms with van der Waals surface area (Å²) < 4.78 is 11.4. The van der Waals surface area contributed by atoms with Crippen LogP contribution in [0.4, 0.5) is 5.69 Å². The van der Waals surface area contributed by atoms with Crippen LogP contribution in [0.25, 0.3) is 6.08 Å². The number of methoxy groups -OCH3 is 1. The lowest BCUT2D eigenvalue weighted by atomic mass is 10.2. The molecule has 1 heterocycles. The maximum atomic E-state index is 12.2. The number of carbonyl (C=O) groups excluding carboxylic acids is 1. The number of amides is 1. The number of carbonyl (C=O) groups is 2. The monoisotopic (exact) mass is 462 g/mol. The summed E-state index contributed by atoms with van der Waals surface area (Å²) in [5, 5.41) is 11.9. The van der Waals surface area contributed by atoms with Gasteiger partial charge in [-0.1, -0.05) is 22.0 Å². The molecule has 1 fully saturated rings. The molecule has 2 aromatic rings. The van der Waals surface area contributed by atoms with Crippen LogP contribution >= 0.6 is 27.7 Å². The molecule has 0 radical (unpaired) electrons. The van der Waals surface area contributed by atoms with Gasteiger partial charge in [-0.25, -0.2) is 9.79 Å². The molecule has 0 saturated carbocycles. The van der Waals surface area contributed by atoms with Crippen LogP contribution < -0.4 is 14.8 Å². The van der Waals surface area contributed by atoms with Gasteiger partial charge in [0.25, 0.3) is 5.91 Å². The van der Waals surface area contributed by atoms with Crippen molar-refractivity contribution < 1.29 is 24.2 Å². The van der Waals surface area contributed by atoms with Crippen LogP contribution in [0.5, 0.6) is 11.5 Å². The number of aliphatic carboxylic acids is 1. The normalized spacial score (nSPS) is 16.3. The van der Waals surface area contributed by atoms with Gasteiger partial charge < -0.3 is 19.9 Å². The lowest BCUT2D eigenvalue weighted by molar-refractivity contribution is -0.139. The lowest BCUT2D eigenvalue weighted by Crippen LogP contribution is -2.19. The molecule has 0 aromatic heterocycles. The largest absolute Gasteiger partial charge is 0.493 e. The van der Waals surface area contributed by atoms with Gasteiger partial charge in [-0.3, -0.25) is 4.79 Å². The van der Waals surface area contributed by atoms with Crippen LogP contribution in [-0.2, 0) is 9.59 Å². The zero-order chi connectivity index (χ0) is 20.1. The second-order valence-corrected chi connectivity index (χ2v) is 7.50. The number of carboxylic acids is 1. The van der Waals surface area contributed by atoms with Crippen molar-refractivity contribution in [1.29, 1.82) is 0 Å². The zero-order valence-corrected chi connectivity index (χ0v) is 17.0. The molecule has 1 amide bonds. The zero-order valence-electron chi connectivity index (χ0n) is 14.6. The van der Waals surface area contributed by atoms with E-state index in [-0.39, 0.29) is 5.91 Å². The minimum absolute atomic E-state index is 0.244. The highest BCUT2D eigenvalue weighted by Crippen LogP contribution is 2.32. The van der Waals surface area contributed by atoms with Crippen molar-refractivity contribution in [3.63, 3.8) is 0 Å². The molecule has 144 valence electrons. The Kier molecular flexibility index (Phi) is 6.37. The van der Waals surface area contributed by atoms with E-state index in [1.54, 1.807) is 24.3 Å². The Bertz CT molecular complexity index is 973. The van der Waals surface area contributed by atoms with Crippen LogP contribution in [0.3, 0.4) is 0 Å². The third-order valence-corrected chi connectivity index (χ3v) is 4.98. The van der Waals surface area contributed by atoms with Gasteiger partial charge >= 0.3 is 5.97 Å². The summed E-state index contributed by atoms with van der Waals surface area (Å²) in [7, 11) is 1.46. The lowest BCUT2D eigenvalue weighted by Gasteiger charge is -2.09. The van der Waals surface area contributed by atoms with Gasteiger partial charge in [-0.2, -0.15) is 0 Å². The fourth-order valence-corrected chi connectivity index (χ4v) is 3.40. The summed E-state index contributed by atoms with van der Waals surface area (Å²) in [6.45, 7) is -0.467. The second-order valence-electron chi connectivity index (χ2n) is 5.55. The third-order valence-electron chi connectivity index (χ3n) is 3.54. The molecule has 0 aliphatic carbocycles. The molecule has 1 aliphatic rings. The predicted molar refractivity (Wildman–Crippen MR) is 111 cm³/mol. The Morgan fingerprint density at radius 3 is 2.68 bits per heavy atom. The number of thioether (sulfide) groups is 1. The van der Waals surface area contributed by atoms with E-state index < -0.39 is 12.6 Å². The number of benzene rings is 2. The minimum Gasteiger partial charge on any atom is -0.493 e. The molecule has 2 aromatic carbocycles. The van der Waals surface area contributed by atoms with Crippen molar-refractivity contribution in [1.82, 2.24) is 5.32 Å². The third kappa shape index (κ3) is 5.14. The van der Waals surface area contributed by atoms with Crippen molar-refractivity contribution in [3.05, 3.63) is 57.4 Å². The SMILES string of the molecule is COc1cc(/C=C2\SC(=Nc3ccc(Br)cc3)NC2=O)ccc1OCC(=O)O. The number of halogens is 1. The number of aliphatic imine (C=N–C) groups is 1. The van der Waals surface area contributed by atoms with E-state index in [0.29, 0.717) is 27.1 Å². The van der Waals surface area contributed by atoms with E-state index in [1.165, 1.54) is 18.9 Å². The fourth-order valence-electron chi connectivity index (χ4n) is 2.30. The molecule has 1 saturated heterocycles. The number of amidine groups is 1. The first kappa shape index (κ1) is 20.0. The molecule has 2 N–H and O–H groups in total. The summed E-state index contributed by atoms with van der Waals surface area (Å²) in [6, 6.07) is 12.4. The number of hydrogen-bond acceptors (Lipinski definition) is 6. The Labute approximate surface area is 173 Å². The van der Waals surface area contributed by atoms with Crippen molar-refractivity contribution in [2.75, 3.05) is 13.7 Å². The average molecular weight is 463 g/mol. The van der Waals surface area contributed by atoms with Crippen molar-refractivity contribution in [3.8, 4) is 11.5 Å². The standard InChI is InChI=1S/C19H15BrN2O5S/c1-26-15-8-11(2-7-14(15)27-10-17(23)24)9-16-18(25)22-19(28-16)21-13-5-3-12(20)4-6-13/h2-9H,10H2,1H3,(H,23,24)(H,21,22,25)/b16-9-. The van der Waals surface area contributed by atoms with Gasteiger partial charge in [-0.05, 0) is 59.8 Å². The van der Waals surface area contributed by atoms with Gasteiger partial charge in [0.05, 0.1) is 17.7 Å². The van der Waals surface area contributed by atoms with Gasteiger partial charge in [0, 0.05) is 4.47 Å². The molecule has 1 aliphatic heterocycles. The van der Waals surface area contributed by atoms with Gasteiger partial charge in [-0.15, -0.1) is 0 Å². The van der Waals surface area contributed by atoms with Crippen LogP contribution in [0.2, 0.25) is 0 Å². The molecule has 7 nitrogen and oxygen atoms in total. The smallest absolute Gasteiger partial charge is 0.341 e. The van der Waals surface area contributed by atoms with Crippen molar-refractivity contribution >= 4 is 56.5 Å². The Morgan fingerprint density at radius 2 is 2.00 bits per heavy atom. The first-order valence-corrected chi connectivity index (χ1v) is 9.63. The summed E-state index contributed by atoms with van der Waals surface area (Å²) in [5.41, 5.74) is 1.44. The number of nitrogens with zero attached hydrogens (tertiary/aromatic N) is 1. The molecular weight excluding hydrogens is 448 g/mol. The van der Waals surface area contributed by atoms with Gasteiger partial charge in [0.15, 0.2) is 23.3 Å². The maximum Gasteiger partial charge on any atom is 0.341 e. The molecule has 3 rings (SSSR count). The predicted octanol–water partition coefficient (Wildman–Crippen LogP) is 3.81. The molecule has 0 atom stereocenters. The van der Waals surface area contributed by atoms with Crippen LogP contribution in [0, 0.1) is 0 Å².